The number of phosphoric acid groups is 1. The quantitative estimate of drug-likeness (QED) is 0.0286. The third-order valence-electron chi connectivity index (χ3n) is 8.14. The van der Waals surface area contributed by atoms with E-state index >= 15 is 0 Å². The van der Waals surface area contributed by atoms with Gasteiger partial charge in [-0.25, -0.2) is 0 Å². The van der Waals surface area contributed by atoms with E-state index in [0.29, 0.717) is 19.3 Å². The predicted octanol–water partition coefficient (Wildman–Crippen LogP) is 9.98. The third kappa shape index (κ3) is 37.5. The average molecular weight is 752 g/mol. The van der Waals surface area contributed by atoms with Crippen LogP contribution >= 0.6 is 7.82 Å². The second-order valence-corrected chi connectivity index (χ2v) is 14.6. The Labute approximate surface area is 317 Å². The van der Waals surface area contributed by atoms with Gasteiger partial charge in [-0.2, -0.15) is 0 Å². The standard InChI is InChI=1S/C42H74NO8P/c1-3-5-7-9-11-13-15-17-19-20-21-23-25-27-29-31-33-35-42(45)51-40(39-50-52(46,47)49-37-36-43)38-48-41(44)34-32-30-28-26-24-22-18-16-14-12-10-8-6-4-2/h11,13-14,16-17,19,21,23,27,29,40H,3-10,12,15,18,20,22,24-26,28,30-39,43H2,1-2H3,(H,46,47)/b13-11-,16-14-,19-17-,23-21-,29-27-/t40-/m1/s1. The summed E-state index contributed by atoms with van der Waals surface area (Å²) >= 11 is 0. The molecule has 0 bridgehead atoms. The highest BCUT2D eigenvalue weighted by atomic mass is 31.2. The molecule has 300 valence electrons. The topological polar surface area (TPSA) is 139 Å². The summed E-state index contributed by atoms with van der Waals surface area (Å²) in [6, 6.07) is 0. The zero-order valence-corrected chi connectivity index (χ0v) is 33.8. The van der Waals surface area contributed by atoms with E-state index in [1.54, 1.807) is 0 Å². The highest BCUT2D eigenvalue weighted by molar-refractivity contribution is 7.45. The van der Waals surface area contributed by atoms with Crippen LogP contribution in [0, 0.1) is 0 Å². The lowest BCUT2D eigenvalue weighted by atomic mass is 10.1. The van der Waals surface area contributed by atoms with Crippen LogP contribution in [0.3, 0.4) is 0 Å². The molecular weight excluding hydrogens is 677 g/mol. The first-order valence-corrected chi connectivity index (χ1v) is 21.8. The summed E-state index contributed by atoms with van der Waals surface area (Å²) in [5, 5.41) is 0. The molecule has 0 aromatic carbocycles. The van der Waals surface area contributed by atoms with Gasteiger partial charge in [0.25, 0.3) is 7.82 Å². The minimum Gasteiger partial charge on any atom is -0.756 e. The van der Waals surface area contributed by atoms with E-state index in [0.717, 1.165) is 44.9 Å². The van der Waals surface area contributed by atoms with Gasteiger partial charge in [-0.3, -0.25) is 14.2 Å². The molecular formula is C42H74NO8P. The molecule has 0 saturated carbocycles. The summed E-state index contributed by atoms with van der Waals surface area (Å²) in [4.78, 5) is 36.9. The van der Waals surface area contributed by atoms with Gasteiger partial charge in [0, 0.05) is 12.8 Å². The van der Waals surface area contributed by atoms with Crippen LogP contribution in [-0.2, 0) is 32.7 Å². The molecule has 0 radical (unpaired) electrons. The Hall–Kier alpha value is -2.29. The number of carbonyl (C=O) groups excluding carboxylic acids is 2. The number of phosphoric ester groups is 1. The molecule has 0 aromatic heterocycles. The first-order chi connectivity index (χ1) is 25.3. The molecule has 0 amide bonds. The van der Waals surface area contributed by atoms with Crippen LogP contribution in [0.1, 0.15) is 162 Å². The summed E-state index contributed by atoms with van der Waals surface area (Å²) < 4.78 is 32.4. The lowest BCUT2D eigenvalue weighted by Crippen LogP contribution is -2.52. The van der Waals surface area contributed by atoms with Crippen LogP contribution in [0.5, 0.6) is 0 Å². The normalized spacial score (nSPS) is 14.0. The molecule has 0 aliphatic carbocycles. The Morgan fingerprint density at radius 2 is 1.02 bits per heavy atom. The van der Waals surface area contributed by atoms with Gasteiger partial charge >= 0.3 is 11.9 Å². The molecule has 2 atom stereocenters. The van der Waals surface area contributed by atoms with Gasteiger partial charge in [0.15, 0.2) is 6.10 Å². The summed E-state index contributed by atoms with van der Waals surface area (Å²) in [7, 11) is -4.60. The number of carbonyl (C=O) groups is 2. The maximum absolute atomic E-state index is 12.5. The number of esters is 2. The number of allylic oxidation sites excluding steroid dienone is 10. The molecule has 0 aromatic rings. The van der Waals surface area contributed by atoms with Crippen molar-refractivity contribution in [3.05, 3.63) is 60.8 Å². The van der Waals surface area contributed by atoms with E-state index in [2.05, 4.69) is 74.3 Å². The molecule has 0 spiro atoms. The molecule has 10 heteroatoms. The second kappa shape index (κ2) is 38.4. The van der Waals surface area contributed by atoms with Gasteiger partial charge in [-0.15, -0.1) is 0 Å². The highest BCUT2D eigenvalue weighted by Crippen LogP contribution is 2.38. The Balaban J connectivity index is 4.32. The molecule has 0 heterocycles. The third-order valence-corrected chi connectivity index (χ3v) is 9.11. The molecule has 0 aliphatic heterocycles. The smallest absolute Gasteiger partial charge is 0.306 e. The van der Waals surface area contributed by atoms with Gasteiger partial charge in [-0.1, -0.05) is 132 Å². The lowest BCUT2D eigenvalue weighted by Gasteiger charge is -2.25. The number of quaternary nitrogens is 1. The van der Waals surface area contributed by atoms with Crippen molar-refractivity contribution in [1.82, 2.24) is 0 Å². The lowest BCUT2D eigenvalue weighted by molar-refractivity contribution is -0.373. The first-order valence-electron chi connectivity index (χ1n) is 20.3. The molecule has 1 unspecified atom stereocenters. The monoisotopic (exact) mass is 752 g/mol. The Morgan fingerprint density at radius 1 is 0.577 bits per heavy atom. The highest BCUT2D eigenvalue weighted by Gasteiger charge is 2.21. The van der Waals surface area contributed by atoms with Crippen LogP contribution < -0.4 is 10.6 Å². The maximum Gasteiger partial charge on any atom is 0.306 e. The SMILES string of the molecule is CCCCC/C=C\C/C=C\C/C=C\C/C=C\CCCC(=O)O[C@H](COC(=O)CCCCCCCC/C=C\CCCCCC)COP(=O)([O-])OCC[NH3+]. The van der Waals surface area contributed by atoms with Crippen molar-refractivity contribution in [1.29, 1.82) is 0 Å². The zero-order chi connectivity index (χ0) is 38.2. The van der Waals surface area contributed by atoms with Crippen molar-refractivity contribution in [3.8, 4) is 0 Å². The van der Waals surface area contributed by atoms with Crippen LogP contribution in [0.15, 0.2) is 60.8 Å². The number of hydrogen-bond donors (Lipinski definition) is 1. The summed E-state index contributed by atoms with van der Waals surface area (Å²) in [5.41, 5.74) is 3.54. The molecule has 0 fully saturated rings. The van der Waals surface area contributed by atoms with E-state index in [1.807, 2.05) is 6.08 Å². The van der Waals surface area contributed by atoms with Crippen molar-refractivity contribution >= 4 is 19.8 Å². The Bertz CT molecular complexity index is 1040. The van der Waals surface area contributed by atoms with E-state index in [1.165, 1.54) is 70.6 Å². The minimum atomic E-state index is -4.60. The number of ether oxygens (including phenoxy) is 2. The van der Waals surface area contributed by atoms with Crippen molar-refractivity contribution in [2.75, 3.05) is 26.4 Å². The van der Waals surface area contributed by atoms with Gasteiger partial charge < -0.3 is 29.1 Å². The fourth-order valence-corrected chi connectivity index (χ4v) is 5.87. The minimum absolute atomic E-state index is 0.117. The van der Waals surface area contributed by atoms with Crippen molar-refractivity contribution in [2.45, 2.75) is 168 Å². The van der Waals surface area contributed by atoms with Crippen LogP contribution in [-0.4, -0.2) is 44.4 Å². The number of hydrogen-bond acceptors (Lipinski definition) is 8. The Kier molecular flexibility index (Phi) is 36.7. The summed E-state index contributed by atoms with van der Waals surface area (Å²) in [5.74, 6) is -0.924. The van der Waals surface area contributed by atoms with Crippen LogP contribution in [0.25, 0.3) is 0 Å². The largest absolute Gasteiger partial charge is 0.756 e. The summed E-state index contributed by atoms with van der Waals surface area (Å²) in [6.45, 7) is 3.80. The van der Waals surface area contributed by atoms with Crippen LogP contribution in [0.2, 0.25) is 0 Å². The average Bonchev–Trinajstić information content (AvgIpc) is 3.13. The molecule has 9 nitrogen and oxygen atoms in total. The molecule has 0 rings (SSSR count). The molecule has 0 aliphatic rings. The summed E-state index contributed by atoms with van der Waals surface area (Å²) in [6.07, 6.45) is 43.9. The zero-order valence-electron chi connectivity index (χ0n) is 32.9. The molecule has 52 heavy (non-hydrogen) atoms. The van der Waals surface area contributed by atoms with Gasteiger partial charge in [-0.05, 0) is 77.0 Å². The molecule has 3 N–H and O–H groups in total. The van der Waals surface area contributed by atoms with Gasteiger partial charge in [0.1, 0.15) is 13.2 Å². The molecule has 0 saturated heterocycles. The van der Waals surface area contributed by atoms with Crippen LogP contribution in [0.4, 0.5) is 0 Å². The van der Waals surface area contributed by atoms with Crippen molar-refractivity contribution in [3.63, 3.8) is 0 Å². The fourth-order valence-electron chi connectivity index (χ4n) is 5.10. The predicted molar refractivity (Wildman–Crippen MR) is 211 cm³/mol. The van der Waals surface area contributed by atoms with E-state index in [-0.39, 0.29) is 32.6 Å². The van der Waals surface area contributed by atoms with Gasteiger partial charge in [0.2, 0.25) is 0 Å². The first kappa shape index (κ1) is 49.7. The fraction of sp³-hybridized carbons (Fsp3) is 0.714. The van der Waals surface area contributed by atoms with E-state index in [9.17, 15) is 19.0 Å². The van der Waals surface area contributed by atoms with Crippen molar-refractivity contribution < 1.29 is 43.3 Å². The van der Waals surface area contributed by atoms with Gasteiger partial charge in [0.05, 0.1) is 13.2 Å². The van der Waals surface area contributed by atoms with E-state index in [4.69, 9.17) is 18.5 Å². The van der Waals surface area contributed by atoms with E-state index < -0.39 is 32.5 Å². The number of unbranched alkanes of at least 4 members (excludes halogenated alkanes) is 14. The number of rotatable bonds is 37. The second-order valence-electron chi connectivity index (χ2n) is 13.2. The Morgan fingerprint density at radius 3 is 1.60 bits per heavy atom. The maximum atomic E-state index is 12.5. The van der Waals surface area contributed by atoms with Crippen molar-refractivity contribution in [2.24, 2.45) is 0 Å².